The summed E-state index contributed by atoms with van der Waals surface area (Å²) >= 11 is 0. The quantitative estimate of drug-likeness (QED) is 0.650. The predicted molar refractivity (Wildman–Crippen MR) is 103 cm³/mol. The molecule has 28 heavy (non-hydrogen) atoms. The molecule has 2 heterocycles. The van der Waals surface area contributed by atoms with E-state index in [0.717, 1.165) is 16.7 Å². The second-order valence-electron chi connectivity index (χ2n) is 7.04. The molecule has 0 saturated carbocycles. The molecule has 7 heteroatoms. The van der Waals surface area contributed by atoms with Crippen molar-refractivity contribution in [1.82, 2.24) is 0 Å². The van der Waals surface area contributed by atoms with E-state index >= 15 is 0 Å². The standard InChI is InChI=1S/C21H19BO6/c1-12(23)10-15-11-14-6-5-9-18(19(14)28-22(15)25)20(24)27-21-17-8-4-3-7-16(17)13(2)26-21/h3-9,15,21,25H,2,10-11H2,1H3/t15-,21?/m0/s1. The van der Waals surface area contributed by atoms with Gasteiger partial charge in [-0.25, -0.2) is 4.79 Å². The number of esters is 1. The van der Waals surface area contributed by atoms with Gasteiger partial charge in [0, 0.05) is 23.4 Å². The number of hydrogen-bond donors (Lipinski definition) is 1. The van der Waals surface area contributed by atoms with Gasteiger partial charge in [-0.3, -0.25) is 0 Å². The van der Waals surface area contributed by atoms with Gasteiger partial charge < -0.3 is 23.9 Å². The van der Waals surface area contributed by atoms with E-state index in [2.05, 4.69) is 6.58 Å². The van der Waals surface area contributed by atoms with Crippen LogP contribution in [-0.4, -0.2) is 23.9 Å². The third kappa shape index (κ3) is 3.29. The van der Waals surface area contributed by atoms with Gasteiger partial charge in [0.15, 0.2) is 0 Å². The first-order valence-corrected chi connectivity index (χ1v) is 9.06. The summed E-state index contributed by atoms with van der Waals surface area (Å²) in [5, 5.41) is 10.3. The lowest BCUT2D eigenvalue weighted by Gasteiger charge is -2.28. The molecule has 0 radical (unpaired) electrons. The summed E-state index contributed by atoms with van der Waals surface area (Å²) in [7, 11) is -1.16. The topological polar surface area (TPSA) is 82.1 Å². The van der Waals surface area contributed by atoms with Crippen molar-refractivity contribution < 1.29 is 28.7 Å². The summed E-state index contributed by atoms with van der Waals surface area (Å²) in [6, 6.07) is 12.5. The van der Waals surface area contributed by atoms with Crippen molar-refractivity contribution in [3.63, 3.8) is 0 Å². The number of rotatable bonds is 4. The summed E-state index contributed by atoms with van der Waals surface area (Å²) in [6.07, 6.45) is -0.230. The number of carbonyl (C=O) groups excluding carboxylic acids is 2. The maximum Gasteiger partial charge on any atom is 0.526 e. The van der Waals surface area contributed by atoms with Crippen LogP contribution in [-0.2, 0) is 20.7 Å². The SMILES string of the molecule is C=C1OC(OC(=O)c2cccc3c2OB(O)[C@@H](CC(C)=O)C3)c2ccccc21. The van der Waals surface area contributed by atoms with Crippen LogP contribution in [0.3, 0.4) is 0 Å². The first-order chi connectivity index (χ1) is 13.4. The van der Waals surface area contributed by atoms with E-state index in [9.17, 15) is 14.6 Å². The monoisotopic (exact) mass is 378 g/mol. The predicted octanol–water partition coefficient (Wildman–Crippen LogP) is 3.31. The molecule has 0 aliphatic carbocycles. The minimum absolute atomic E-state index is 0.0241. The fraction of sp³-hybridized carbons (Fsp3) is 0.238. The summed E-state index contributed by atoms with van der Waals surface area (Å²) in [5.41, 5.74) is 2.49. The molecule has 4 rings (SSSR count). The molecule has 0 saturated heterocycles. The largest absolute Gasteiger partial charge is 0.535 e. The van der Waals surface area contributed by atoms with Crippen molar-refractivity contribution in [2.75, 3.05) is 0 Å². The Labute approximate surface area is 162 Å². The highest BCUT2D eigenvalue weighted by atomic mass is 16.7. The molecule has 0 bridgehead atoms. The van der Waals surface area contributed by atoms with E-state index in [1.807, 2.05) is 30.3 Å². The van der Waals surface area contributed by atoms with Crippen LogP contribution in [0.15, 0.2) is 49.0 Å². The Balaban J connectivity index is 1.57. The van der Waals surface area contributed by atoms with E-state index in [4.69, 9.17) is 14.1 Å². The Morgan fingerprint density at radius 3 is 2.82 bits per heavy atom. The van der Waals surface area contributed by atoms with Crippen LogP contribution in [0.4, 0.5) is 0 Å². The van der Waals surface area contributed by atoms with Crippen molar-refractivity contribution in [2.24, 2.45) is 0 Å². The van der Waals surface area contributed by atoms with Crippen molar-refractivity contribution in [1.29, 1.82) is 0 Å². The van der Waals surface area contributed by atoms with Crippen LogP contribution in [0.25, 0.3) is 5.76 Å². The lowest BCUT2D eigenvalue weighted by atomic mass is 9.64. The molecule has 2 aliphatic rings. The minimum atomic E-state index is -1.16. The number of hydrogen-bond acceptors (Lipinski definition) is 6. The van der Waals surface area contributed by atoms with Gasteiger partial charge in [-0.2, -0.15) is 0 Å². The third-order valence-corrected chi connectivity index (χ3v) is 4.97. The number of benzene rings is 2. The Morgan fingerprint density at radius 1 is 1.25 bits per heavy atom. The van der Waals surface area contributed by atoms with Crippen LogP contribution in [0.1, 0.15) is 46.7 Å². The Bertz CT molecular complexity index is 969. The lowest BCUT2D eigenvalue weighted by molar-refractivity contribution is -0.117. The van der Waals surface area contributed by atoms with Gasteiger partial charge in [0.1, 0.15) is 22.9 Å². The molecule has 0 fully saturated rings. The van der Waals surface area contributed by atoms with Gasteiger partial charge in [0.2, 0.25) is 0 Å². The van der Waals surface area contributed by atoms with Crippen molar-refractivity contribution in [2.45, 2.75) is 31.9 Å². The summed E-state index contributed by atoms with van der Waals surface area (Å²) < 4.78 is 16.7. The molecule has 6 nitrogen and oxygen atoms in total. The Kier molecular flexibility index (Phi) is 4.69. The van der Waals surface area contributed by atoms with E-state index in [0.29, 0.717) is 12.2 Å². The van der Waals surface area contributed by atoms with Crippen LogP contribution in [0, 0.1) is 0 Å². The van der Waals surface area contributed by atoms with Gasteiger partial charge in [-0.15, -0.1) is 0 Å². The molecule has 2 atom stereocenters. The smallest absolute Gasteiger partial charge is 0.526 e. The molecule has 1 N–H and O–H groups in total. The number of ketones is 1. The molecule has 1 unspecified atom stereocenters. The zero-order chi connectivity index (χ0) is 19.8. The zero-order valence-corrected chi connectivity index (χ0v) is 15.4. The maximum atomic E-state index is 12.8. The van der Waals surface area contributed by atoms with Crippen LogP contribution < -0.4 is 4.65 Å². The average molecular weight is 378 g/mol. The van der Waals surface area contributed by atoms with Gasteiger partial charge in [0.05, 0.1) is 0 Å². The van der Waals surface area contributed by atoms with Gasteiger partial charge in [-0.05, 0) is 25.0 Å². The molecule has 0 amide bonds. The zero-order valence-electron chi connectivity index (χ0n) is 15.4. The van der Waals surface area contributed by atoms with E-state index in [-0.39, 0.29) is 29.3 Å². The van der Waals surface area contributed by atoms with Crippen molar-refractivity contribution in [3.8, 4) is 5.75 Å². The summed E-state index contributed by atoms with van der Waals surface area (Å²) in [5.74, 6) is -0.260. The first-order valence-electron chi connectivity index (χ1n) is 9.06. The minimum Gasteiger partial charge on any atom is -0.535 e. The fourth-order valence-corrected chi connectivity index (χ4v) is 3.65. The molecule has 2 aromatic rings. The van der Waals surface area contributed by atoms with E-state index in [1.165, 1.54) is 6.92 Å². The molecule has 0 spiro atoms. The fourth-order valence-electron chi connectivity index (χ4n) is 3.65. The number of para-hydroxylation sites is 1. The van der Waals surface area contributed by atoms with Crippen LogP contribution >= 0.6 is 0 Å². The molecule has 2 aliphatic heterocycles. The highest BCUT2D eigenvalue weighted by molar-refractivity contribution is 6.46. The lowest BCUT2D eigenvalue weighted by Crippen LogP contribution is -2.35. The maximum absolute atomic E-state index is 12.8. The van der Waals surface area contributed by atoms with Gasteiger partial charge in [0.25, 0.3) is 6.29 Å². The second-order valence-corrected chi connectivity index (χ2v) is 7.04. The average Bonchev–Trinajstić information content (AvgIpc) is 2.97. The number of Topliss-reactive ketones (excluding diaryl/α,β-unsaturated/α-hetero) is 1. The summed E-state index contributed by atoms with van der Waals surface area (Å²) in [6.45, 7) is 5.31. The normalized spacial score (nSPS) is 19.9. The molecule has 142 valence electrons. The van der Waals surface area contributed by atoms with Crippen LogP contribution in [0.5, 0.6) is 5.75 Å². The molecular weight excluding hydrogens is 359 g/mol. The van der Waals surface area contributed by atoms with E-state index < -0.39 is 19.4 Å². The Morgan fingerprint density at radius 2 is 2.04 bits per heavy atom. The third-order valence-electron chi connectivity index (χ3n) is 4.97. The molecule has 2 aromatic carbocycles. The molecule has 0 aromatic heterocycles. The highest BCUT2D eigenvalue weighted by Crippen LogP contribution is 2.40. The number of carbonyl (C=O) groups is 2. The second kappa shape index (κ2) is 7.17. The Hall–Kier alpha value is -3.06. The first kappa shape index (κ1) is 18.3. The van der Waals surface area contributed by atoms with Crippen LogP contribution in [0.2, 0.25) is 5.82 Å². The molecular formula is C21H19BO6. The number of fused-ring (bicyclic) bond motifs is 2. The van der Waals surface area contributed by atoms with Gasteiger partial charge in [-0.1, -0.05) is 43.0 Å². The van der Waals surface area contributed by atoms with Gasteiger partial charge >= 0.3 is 13.1 Å². The van der Waals surface area contributed by atoms with Crippen molar-refractivity contribution >= 4 is 24.6 Å². The highest BCUT2D eigenvalue weighted by Gasteiger charge is 2.38. The number of ether oxygens (including phenoxy) is 2. The summed E-state index contributed by atoms with van der Waals surface area (Å²) in [4.78, 5) is 24.2. The van der Waals surface area contributed by atoms with E-state index in [1.54, 1.807) is 12.1 Å². The van der Waals surface area contributed by atoms with Crippen molar-refractivity contribution in [3.05, 3.63) is 71.3 Å².